The zero-order valence-corrected chi connectivity index (χ0v) is 9.04. The van der Waals surface area contributed by atoms with Gasteiger partial charge in [-0.1, -0.05) is 17.7 Å². The zero-order valence-electron chi connectivity index (χ0n) is 8.29. The van der Waals surface area contributed by atoms with Crippen LogP contribution in [-0.2, 0) is 6.54 Å². The number of β-amino-alcohol motifs (C(OH)–C–C–N with tert-alkyl or cyclic N) is 1. The summed E-state index contributed by atoms with van der Waals surface area (Å²) in [5.74, 6) is -0.381. The van der Waals surface area contributed by atoms with Gasteiger partial charge in [-0.2, -0.15) is 0 Å². The van der Waals surface area contributed by atoms with E-state index in [2.05, 4.69) is 4.90 Å². The van der Waals surface area contributed by atoms with Gasteiger partial charge in [-0.25, -0.2) is 4.39 Å². The highest BCUT2D eigenvalue weighted by molar-refractivity contribution is 6.30. The standard InChI is InChI=1S/C11H13ClFNO/c12-10-2-1-8(5-11(10)13)6-14-4-3-9(15)7-14/h1-2,5,9,15H,3-4,6-7H2. The molecule has 0 spiro atoms. The average molecular weight is 230 g/mol. The van der Waals surface area contributed by atoms with Crippen molar-refractivity contribution in [2.45, 2.75) is 19.1 Å². The fraction of sp³-hybridized carbons (Fsp3) is 0.455. The lowest BCUT2D eigenvalue weighted by Gasteiger charge is -2.14. The van der Waals surface area contributed by atoms with Gasteiger partial charge in [0.2, 0.25) is 0 Å². The van der Waals surface area contributed by atoms with Gasteiger partial charge in [0, 0.05) is 19.6 Å². The number of nitrogens with zero attached hydrogens (tertiary/aromatic N) is 1. The molecule has 0 aromatic heterocycles. The third-order valence-electron chi connectivity index (χ3n) is 2.64. The molecule has 1 unspecified atom stereocenters. The number of likely N-dealkylation sites (tertiary alicyclic amines) is 1. The molecule has 1 saturated heterocycles. The van der Waals surface area contributed by atoms with E-state index in [9.17, 15) is 9.50 Å². The number of aliphatic hydroxyl groups excluding tert-OH is 1. The molecule has 1 aliphatic rings. The Morgan fingerprint density at radius 1 is 1.53 bits per heavy atom. The molecule has 4 heteroatoms. The van der Waals surface area contributed by atoms with E-state index in [1.165, 1.54) is 6.07 Å². The summed E-state index contributed by atoms with van der Waals surface area (Å²) in [5, 5.41) is 9.49. The van der Waals surface area contributed by atoms with Crippen LogP contribution in [-0.4, -0.2) is 29.2 Å². The Labute approximate surface area is 93.3 Å². The second-order valence-corrected chi connectivity index (χ2v) is 4.33. The van der Waals surface area contributed by atoms with Crippen LogP contribution in [0.2, 0.25) is 5.02 Å². The number of rotatable bonds is 2. The van der Waals surface area contributed by atoms with Crippen LogP contribution in [0.4, 0.5) is 4.39 Å². The summed E-state index contributed by atoms with van der Waals surface area (Å²) < 4.78 is 13.1. The summed E-state index contributed by atoms with van der Waals surface area (Å²) in [6, 6.07) is 4.84. The maximum Gasteiger partial charge on any atom is 0.142 e. The van der Waals surface area contributed by atoms with Crippen molar-refractivity contribution in [1.82, 2.24) is 4.90 Å². The quantitative estimate of drug-likeness (QED) is 0.839. The first-order valence-corrected chi connectivity index (χ1v) is 5.37. The lowest BCUT2D eigenvalue weighted by atomic mass is 10.2. The molecule has 0 aliphatic carbocycles. The molecule has 1 aromatic carbocycles. The molecular weight excluding hydrogens is 217 g/mol. The molecule has 1 aromatic rings. The lowest BCUT2D eigenvalue weighted by molar-refractivity contribution is 0.175. The molecule has 1 heterocycles. The van der Waals surface area contributed by atoms with Crippen LogP contribution >= 0.6 is 11.6 Å². The van der Waals surface area contributed by atoms with E-state index in [1.54, 1.807) is 6.07 Å². The van der Waals surface area contributed by atoms with Crippen molar-refractivity contribution in [1.29, 1.82) is 0 Å². The van der Waals surface area contributed by atoms with E-state index >= 15 is 0 Å². The van der Waals surface area contributed by atoms with Crippen LogP contribution in [0.1, 0.15) is 12.0 Å². The fourth-order valence-electron chi connectivity index (χ4n) is 1.85. The van der Waals surface area contributed by atoms with E-state index in [0.717, 1.165) is 18.5 Å². The van der Waals surface area contributed by atoms with Crippen molar-refractivity contribution in [3.05, 3.63) is 34.6 Å². The summed E-state index contributed by atoms with van der Waals surface area (Å²) in [5.41, 5.74) is 0.894. The highest BCUT2D eigenvalue weighted by Gasteiger charge is 2.20. The average Bonchev–Trinajstić information content (AvgIpc) is 2.58. The molecule has 1 N–H and O–H groups in total. The molecule has 1 atom stereocenters. The van der Waals surface area contributed by atoms with Crippen molar-refractivity contribution in [2.24, 2.45) is 0 Å². The first-order chi connectivity index (χ1) is 7.15. The Hall–Kier alpha value is -0.640. The topological polar surface area (TPSA) is 23.5 Å². The summed E-state index contributed by atoms with van der Waals surface area (Å²) >= 11 is 5.59. The highest BCUT2D eigenvalue weighted by atomic mass is 35.5. The molecule has 1 aliphatic heterocycles. The SMILES string of the molecule is OC1CCN(Cc2ccc(Cl)c(F)c2)C1. The normalized spacial score (nSPS) is 22.2. The largest absolute Gasteiger partial charge is 0.392 e. The van der Waals surface area contributed by atoms with E-state index in [-0.39, 0.29) is 16.9 Å². The van der Waals surface area contributed by atoms with Crippen molar-refractivity contribution in [2.75, 3.05) is 13.1 Å². The smallest absolute Gasteiger partial charge is 0.142 e. The zero-order chi connectivity index (χ0) is 10.8. The number of halogens is 2. The van der Waals surface area contributed by atoms with Crippen LogP contribution in [0, 0.1) is 5.82 Å². The predicted molar refractivity (Wildman–Crippen MR) is 57.3 cm³/mol. The van der Waals surface area contributed by atoms with Gasteiger partial charge in [0.1, 0.15) is 5.82 Å². The molecule has 82 valence electrons. The van der Waals surface area contributed by atoms with Gasteiger partial charge in [0.05, 0.1) is 11.1 Å². The predicted octanol–water partition coefficient (Wildman–Crippen LogP) is 2.05. The Bertz CT molecular complexity index is 358. The molecule has 1 fully saturated rings. The van der Waals surface area contributed by atoms with Crippen molar-refractivity contribution in [3.63, 3.8) is 0 Å². The maximum atomic E-state index is 13.1. The summed E-state index contributed by atoms with van der Waals surface area (Å²) in [6.45, 7) is 2.21. The van der Waals surface area contributed by atoms with Gasteiger partial charge in [-0.3, -0.25) is 4.90 Å². The van der Waals surface area contributed by atoms with Gasteiger partial charge in [0.15, 0.2) is 0 Å². The Morgan fingerprint density at radius 2 is 2.33 bits per heavy atom. The monoisotopic (exact) mass is 229 g/mol. The third-order valence-corrected chi connectivity index (χ3v) is 2.94. The van der Waals surface area contributed by atoms with Gasteiger partial charge in [-0.05, 0) is 24.1 Å². The molecule has 15 heavy (non-hydrogen) atoms. The summed E-state index contributed by atoms with van der Waals surface area (Å²) in [4.78, 5) is 2.10. The van der Waals surface area contributed by atoms with E-state index in [0.29, 0.717) is 13.1 Å². The van der Waals surface area contributed by atoms with Crippen LogP contribution < -0.4 is 0 Å². The Balaban J connectivity index is 2.02. The van der Waals surface area contributed by atoms with Crippen molar-refractivity contribution < 1.29 is 9.50 Å². The minimum absolute atomic E-state index is 0.153. The first-order valence-electron chi connectivity index (χ1n) is 4.99. The Kier molecular flexibility index (Phi) is 3.24. The van der Waals surface area contributed by atoms with Crippen molar-refractivity contribution >= 4 is 11.6 Å². The van der Waals surface area contributed by atoms with Gasteiger partial charge in [-0.15, -0.1) is 0 Å². The van der Waals surface area contributed by atoms with E-state index in [1.807, 2.05) is 6.07 Å². The first kappa shape index (κ1) is 10.9. The Morgan fingerprint density at radius 3 is 2.93 bits per heavy atom. The number of hydrogen-bond donors (Lipinski definition) is 1. The number of benzene rings is 1. The molecule has 0 radical (unpaired) electrons. The molecule has 2 rings (SSSR count). The van der Waals surface area contributed by atoms with Gasteiger partial charge in [0.25, 0.3) is 0 Å². The maximum absolute atomic E-state index is 13.1. The second kappa shape index (κ2) is 4.47. The third kappa shape index (κ3) is 2.68. The number of hydrogen-bond acceptors (Lipinski definition) is 2. The minimum Gasteiger partial charge on any atom is -0.392 e. The summed E-state index contributed by atoms with van der Waals surface area (Å²) in [6.07, 6.45) is 0.568. The van der Waals surface area contributed by atoms with Crippen LogP contribution in [0.3, 0.4) is 0 Å². The van der Waals surface area contributed by atoms with Crippen LogP contribution in [0.25, 0.3) is 0 Å². The molecule has 0 bridgehead atoms. The van der Waals surface area contributed by atoms with E-state index in [4.69, 9.17) is 11.6 Å². The van der Waals surface area contributed by atoms with Gasteiger partial charge >= 0.3 is 0 Å². The van der Waals surface area contributed by atoms with Crippen LogP contribution in [0.5, 0.6) is 0 Å². The lowest BCUT2D eigenvalue weighted by Crippen LogP contribution is -2.21. The molecule has 2 nitrogen and oxygen atoms in total. The van der Waals surface area contributed by atoms with E-state index < -0.39 is 0 Å². The molecule has 0 amide bonds. The number of aliphatic hydroxyl groups is 1. The summed E-state index contributed by atoms with van der Waals surface area (Å²) in [7, 11) is 0. The molecule has 0 saturated carbocycles. The second-order valence-electron chi connectivity index (χ2n) is 3.93. The molecular formula is C11H13ClFNO. The van der Waals surface area contributed by atoms with Crippen molar-refractivity contribution in [3.8, 4) is 0 Å². The van der Waals surface area contributed by atoms with Crippen LogP contribution in [0.15, 0.2) is 18.2 Å². The van der Waals surface area contributed by atoms with Gasteiger partial charge < -0.3 is 5.11 Å². The minimum atomic E-state index is -0.381. The fourth-order valence-corrected chi connectivity index (χ4v) is 1.97. The highest BCUT2D eigenvalue weighted by Crippen LogP contribution is 2.18.